The molecule has 7 heteroatoms. The largest absolute Gasteiger partial charge is 0.357 e. The Balaban J connectivity index is 0.00000341. The molecule has 168 valence electrons. The van der Waals surface area contributed by atoms with Gasteiger partial charge in [-0.3, -0.25) is 4.79 Å². The molecular formula is C24H32ClIN4O. The first-order valence-corrected chi connectivity index (χ1v) is 11.2. The first-order chi connectivity index (χ1) is 14.7. The number of hydrogen-bond donors (Lipinski definition) is 2. The number of likely N-dealkylation sites (tertiary alicyclic amines) is 1. The lowest BCUT2D eigenvalue weighted by Crippen LogP contribution is -2.38. The van der Waals surface area contributed by atoms with Gasteiger partial charge in [0.1, 0.15) is 0 Å². The Morgan fingerprint density at radius 1 is 1.03 bits per heavy atom. The topological polar surface area (TPSA) is 56.7 Å². The molecule has 1 amide bonds. The second-order valence-corrected chi connectivity index (χ2v) is 7.99. The molecule has 0 spiro atoms. The Labute approximate surface area is 207 Å². The number of hydrogen-bond acceptors (Lipinski definition) is 2. The zero-order valence-corrected chi connectivity index (χ0v) is 21.2. The number of amides is 1. The van der Waals surface area contributed by atoms with E-state index in [0.717, 1.165) is 67.6 Å². The average Bonchev–Trinajstić information content (AvgIpc) is 2.78. The molecule has 31 heavy (non-hydrogen) atoms. The molecule has 2 N–H and O–H groups in total. The van der Waals surface area contributed by atoms with Crippen molar-refractivity contribution >= 4 is 47.4 Å². The minimum Gasteiger partial charge on any atom is -0.357 e. The molecular weight excluding hydrogens is 523 g/mol. The maximum Gasteiger partial charge on any atom is 0.253 e. The summed E-state index contributed by atoms with van der Waals surface area (Å²) in [6, 6.07) is 15.7. The second kappa shape index (κ2) is 13.6. The minimum atomic E-state index is 0. The molecule has 3 rings (SSSR count). The van der Waals surface area contributed by atoms with E-state index in [1.54, 1.807) is 0 Å². The van der Waals surface area contributed by atoms with Crippen molar-refractivity contribution in [1.82, 2.24) is 15.5 Å². The van der Waals surface area contributed by atoms with E-state index in [1.807, 2.05) is 47.4 Å². The van der Waals surface area contributed by atoms with Gasteiger partial charge in [0.2, 0.25) is 0 Å². The van der Waals surface area contributed by atoms with Crippen LogP contribution in [-0.4, -0.2) is 42.9 Å². The Morgan fingerprint density at radius 3 is 2.45 bits per heavy atom. The predicted octanol–water partition coefficient (Wildman–Crippen LogP) is 4.88. The van der Waals surface area contributed by atoms with Crippen molar-refractivity contribution in [3.05, 3.63) is 70.2 Å². The summed E-state index contributed by atoms with van der Waals surface area (Å²) in [7, 11) is 0. The van der Waals surface area contributed by atoms with Crippen LogP contribution in [0.3, 0.4) is 0 Å². The number of carbonyl (C=O) groups is 1. The third kappa shape index (κ3) is 8.33. The van der Waals surface area contributed by atoms with Gasteiger partial charge in [-0.2, -0.15) is 0 Å². The fraction of sp³-hybridized carbons (Fsp3) is 0.417. The van der Waals surface area contributed by atoms with Gasteiger partial charge in [0.05, 0.1) is 6.54 Å². The Kier molecular flexibility index (Phi) is 11.2. The normalized spacial score (nSPS) is 14.0. The van der Waals surface area contributed by atoms with Crippen LogP contribution < -0.4 is 10.6 Å². The maximum atomic E-state index is 12.6. The summed E-state index contributed by atoms with van der Waals surface area (Å²) in [6.07, 6.45) is 4.31. The number of piperidine rings is 1. The first-order valence-electron chi connectivity index (χ1n) is 10.8. The summed E-state index contributed by atoms with van der Waals surface area (Å²) < 4.78 is 0. The van der Waals surface area contributed by atoms with Crippen LogP contribution in [0.1, 0.15) is 47.7 Å². The highest BCUT2D eigenvalue weighted by molar-refractivity contribution is 14.0. The summed E-state index contributed by atoms with van der Waals surface area (Å²) >= 11 is 6.05. The number of aliphatic imine (C=N–C) groups is 1. The number of rotatable bonds is 7. The molecule has 1 aliphatic heterocycles. The Bertz CT molecular complexity index is 851. The van der Waals surface area contributed by atoms with E-state index in [9.17, 15) is 4.79 Å². The van der Waals surface area contributed by atoms with Crippen LogP contribution in [0, 0.1) is 0 Å². The van der Waals surface area contributed by atoms with E-state index in [4.69, 9.17) is 11.6 Å². The molecule has 0 radical (unpaired) electrons. The summed E-state index contributed by atoms with van der Waals surface area (Å²) in [5.41, 5.74) is 3.04. The molecule has 1 aliphatic rings. The molecule has 0 aliphatic carbocycles. The average molecular weight is 555 g/mol. The number of carbonyl (C=O) groups excluding carboxylic acids is 1. The zero-order valence-electron chi connectivity index (χ0n) is 18.1. The number of nitrogens with zero attached hydrogens (tertiary/aromatic N) is 2. The van der Waals surface area contributed by atoms with Gasteiger partial charge in [-0.25, -0.2) is 4.99 Å². The van der Waals surface area contributed by atoms with E-state index >= 15 is 0 Å². The maximum absolute atomic E-state index is 12.6. The summed E-state index contributed by atoms with van der Waals surface area (Å²) in [6.45, 7) is 5.93. The first kappa shape index (κ1) is 25.5. The number of halogens is 2. The lowest BCUT2D eigenvalue weighted by Gasteiger charge is -2.26. The van der Waals surface area contributed by atoms with E-state index in [0.29, 0.717) is 6.54 Å². The van der Waals surface area contributed by atoms with Crippen molar-refractivity contribution in [3.8, 4) is 0 Å². The van der Waals surface area contributed by atoms with Gasteiger partial charge in [0.25, 0.3) is 5.91 Å². The van der Waals surface area contributed by atoms with Crippen molar-refractivity contribution in [2.45, 2.75) is 39.2 Å². The molecule has 0 aromatic heterocycles. The highest BCUT2D eigenvalue weighted by Crippen LogP contribution is 2.14. The number of guanidine groups is 1. The van der Waals surface area contributed by atoms with Gasteiger partial charge in [0, 0.05) is 36.8 Å². The second-order valence-electron chi connectivity index (χ2n) is 7.55. The van der Waals surface area contributed by atoms with E-state index < -0.39 is 0 Å². The highest BCUT2D eigenvalue weighted by Gasteiger charge is 2.17. The minimum absolute atomic E-state index is 0. The van der Waals surface area contributed by atoms with Crippen molar-refractivity contribution in [2.24, 2.45) is 4.99 Å². The third-order valence-corrected chi connectivity index (χ3v) is 5.44. The monoisotopic (exact) mass is 554 g/mol. The van der Waals surface area contributed by atoms with E-state index in [-0.39, 0.29) is 29.9 Å². The van der Waals surface area contributed by atoms with Crippen LogP contribution in [0.15, 0.2) is 53.5 Å². The van der Waals surface area contributed by atoms with Gasteiger partial charge >= 0.3 is 0 Å². The fourth-order valence-corrected chi connectivity index (χ4v) is 3.77. The van der Waals surface area contributed by atoms with Crippen molar-refractivity contribution in [2.75, 3.05) is 26.2 Å². The summed E-state index contributed by atoms with van der Waals surface area (Å²) in [4.78, 5) is 19.2. The SMILES string of the molecule is CCNC(=NCc1ccc(C(=O)N2CCCCC2)cc1)NCCc1cccc(Cl)c1.I. The molecule has 1 fully saturated rings. The van der Waals surface area contributed by atoms with Crippen molar-refractivity contribution in [1.29, 1.82) is 0 Å². The van der Waals surface area contributed by atoms with Crippen LogP contribution in [0.2, 0.25) is 5.02 Å². The third-order valence-electron chi connectivity index (χ3n) is 5.20. The molecule has 1 saturated heterocycles. The highest BCUT2D eigenvalue weighted by atomic mass is 127. The van der Waals surface area contributed by atoms with E-state index in [2.05, 4.69) is 28.6 Å². The summed E-state index contributed by atoms with van der Waals surface area (Å²) in [5, 5.41) is 7.40. The van der Waals surface area contributed by atoms with Gasteiger partial charge < -0.3 is 15.5 Å². The lowest BCUT2D eigenvalue weighted by molar-refractivity contribution is 0.0724. The standard InChI is InChI=1S/C24H31ClN4O.HI/c1-2-26-24(27-14-13-19-7-6-8-22(25)17-19)28-18-20-9-11-21(12-10-20)23(30)29-15-4-3-5-16-29;/h6-12,17H,2-5,13-16,18H2,1H3,(H2,26,27,28);1H. The molecule has 0 unspecified atom stereocenters. The molecule has 0 bridgehead atoms. The Hall–Kier alpha value is -1.80. The van der Waals surface area contributed by atoms with Crippen LogP contribution in [0.5, 0.6) is 0 Å². The van der Waals surface area contributed by atoms with E-state index in [1.165, 1.54) is 12.0 Å². The smallest absolute Gasteiger partial charge is 0.253 e. The quantitative estimate of drug-likeness (QED) is 0.291. The van der Waals surface area contributed by atoms with Crippen LogP contribution >= 0.6 is 35.6 Å². The van der Waals surface area contributed by atoms with Gasteiger partial charge in [-0.1, -0.05) is 35.9 Å². The van der Waals surface area contributed by atoms with Crippen molar-refractivity contribution < 1.29 is 4.79 Å². The van der Waals surface area contributed by atoms with Gasteiger partial charge in [-0.15, -0.1) is 24.0 Å². The number of benzene rings is 2. The predicted molar refractivity (Wildman–Crippen MR) is 140 cm³/mol. The van der Waals surface area contributed by atoms with Gasteiger partial charge in [0.15, 0.2) is 5.96 Å². The van der Waals surface area contributed by atoms with Crippen LogP contribution in [-0.2, 0) is 13.0 Å². The molecule has 2 aromatic rings. The Morgan fingerprint density at radius 2 is 1.77 bits per heavy atom. The molecule has 0 saturated carbocycles. The van der Waals surface area contributed by atoms with Crippen LogP contribution in [0.25, 0.3) is 0 Å². The van der Waals surface area contributed by atoms with Gasteiger partial charge in [-0.05, 0) is 68.0 Å². The number of nitrogens with one attached hydrogen (secondary N) is 2. The molecule has 2 aromatic carbocycles. The molecule has 0 atom stereocenters. The lowest BCUT2D eigenvalue weighted by atomic mass is 10.1. The summed E-state index contributed by atoms with van der Waals surface area (Å²) in [5.74, 6) is 0.925. The fourth-order valence-electron chi connectivity index (χ4n) is 3.56. The molecule has 1 heterocycles. The van der Waals surface area contributed by atoms with Crippen LogP contribution in [0.4, 0.5) is 0 Å². The molecule has 5 nitrogen and oxygen atoms in total. The van der Waals surface area contributed by atoms with Crippen molar-refractivity contribution in [3.63, 3.8) is 0 Å². The zero-order chi connectivity index (χ0) is 21.2.